The third-order valence-corrected chi connectivity index (χ3v) is 3.13. The number of hydrogen-bond acceptors (Lipinski definition) is 2. The lowest BCUT2D eigenvalue weighted by Gasteiger charge is -2.01. The number of carboxylic acids is 1. The summed E-state index contributed by atoms with van der Waals surface area (Å²) < 4.78 is 3.20. The van der Waals surface area contributed by atoms with E-state index in [1.807, 2.05) is 0 Å². The van der Waals surface area contributed by atoms with Gasteiger partial charge in [-0.05, 0) is 24.6 Å². The zero-order valence-corrected chi connectivity index (χ0v) is 10.5. The van der Waals surface area contributed by atoms with Crippen LogP contribution in [0, 0.1) is 0 Å². The van der Waals surface area contributed by atoms with Gasteiger partial charge in [0.05, 0.1) is 16.6 Å². The Morgan fingerprint density at radius 2 is 2.06 bits per heavy atom. The number of imidazole rings is 1. The summed E-state index contributed by atoms with van der Waals surface area (Å²) in [6.07, 6.45) is 1.94. The minimum Gasteiger partial charge on any atom is -0.478 e. The predicted molar refractivity (Wildman–Crippen MR) is 69.0 cm³/mol. The smallest absolute Gasteiger partial charge is 0.335 e. The third-order valence-electron chi connectivity index (χ3n) is 3.13. The average Bonchev–Trinajstić information content (AvgIpc) is 2.60. The van der Waals surface area contributed by atoms with Crippen LogP contribution in [0.1, 0.15) is 30.1 Å². The molecule has 1 N–H and O–H groups in total. The molecule has 0 unspecified atom stereocenters. The highest BCUT2D eigenvalue weighted by atomic mass is 16.4. The highest BCUT2D eigenvalue weighted by Gasteiger charge is 2.12. The van der Waals surface area contributed by atoms with Crippen molar-refractivity contribution in [1.29, 1.82) is 0 Å². The monoisotopic (exact) mass is 248 g/mol. The Morgan fingerprint density at radius 1 is 1.33 bits per heavy atom. The maximum Gasteiger partial charge on any atom is 0.335 e. The van der Waals surface area contributed by atoms with Crippen molar-refractivity contribution in [3.05, 3.63) is 34.2 Å². The molecule has 0 saturated heterocycles. The number of aromatic carboxylic acids is 1. The largest absolute Gasteiger partial charge is 0.478 e. The number of unbranched alkanes of at least 4 members (excludes halogenated alkanes) is 1. The van der Waals surface area contributed by atoms with Gasteiger partial charge in [0.1, 0.15) is 0 Å². The van der Waals surface area contributed by atoms with Crippen molar-refractivity contribution in [3.63, 3.8) is 0 Å². The number of benzene rings is 1. The van der Waals surface area contributed by atoms with Crippen LogP contribution in [0.2, 0.25) is 0 Å². The number of nitrogens with zero attached hydrogens (tertiary/aromatic N) is 2. The van der Waals surface area contributed by atoms with E-state index in [0.717, 1.165) is 18.4 Å². The van der Waals surface area contributed by atoms with Crippen molar-refractivity contribution in [2.24, 2.45) is 7.05 Å². The first-order valence-electron chi connectivity index (χ1n) is 5.98. The molecular weight excluding hydrogens is 232 g/mol. The summed E-state index contributed by atoms with van der Waals surface area (Å²) in [5.41, 5.74) is 1.56. The van der Waals surface area contributed by atoms with Crippen molar-refractivity contribution in [1.82, 2.24) is 9.13 Å². The highest BCUT2D eigenvalue weighted by Crippen LogP contribution is 2.15. The standard InChI is InChI=1S/C13H16N2O3/c1-3-4-7-15-10-6-5-9(12(16)17)8-11(10)14(2)13(15)18/h5-6,8H,3-4,7H2,1-2H3,(H,16,17). The number of rotatable bonds is 4. The first-order chi connectivity index (χ1) is 8.56. The zero-order chi connectivity index (χ0) is 13.3. The van der Waals surface area contributed by atoms with Gasteiger partial charge in [0, 0.05) is 13.6 Å². The first-order valence-corrected chi connectivity index (χ1v) is 5.98. The number of fused-ring (bicyclic) bond motifs is 1. The molecule has 0 bridgehead atoms. The Bertz CT molecular complexity index is 652. The van der Waals surface area contributed by atoms with E-state index in [1.54, 1.807) is 23.7 Å². The van der Waals surface area contributed by atoms with Gasteiger partial charge in [-0.15, -0.1) is 0 Å². The molecule has 1 heterocycles. The van der Waals surface area contributed by atoms with E-state index in [4.69, 9.17) is 5.11 Å². The predicted octanol–water partition coefficient (Wildman–Crippen LogP) is 1.84. The second-order valence-corrected chi connectivity index (χ2v) is 4.36. The molecule has 5 nitrogen and oxygen atoms in total. The van der Waals surface area contributed by atoms with E-state index in [2.05, 4.69) is 6.92 Å². The van der Waals surface area contributed by atoms with Gasteiger partial charge in [0.25, 0.3) is 0 Å². The first kappa shape index (κ1) is 12.4. The molecule has 0 aliphatic rings. The lowest BCUT2D eigenvalue weighted by atomic mass is 10.2. The summed E-state index contributed by atoms with van der Waals surface area (Å²) in [5, 5.41) is 8.96. The maximum absolute atomic E-state index is 12.1. The molecule has 5 heteroatoms. The van der Waals surface area contributed by atoms with Crippen molar-refractivity contribution in [2.75, 3.05) is 0 Å². The van der Waals surface area contributed by atoms with E-state index in [9.17, 15) is 9.59 Å². The Labute approximate surface area is 104 Å². The molecule has 1 aromatic carbocycles. The molecule has 0 fully saturated rings. The van der Waals surface area contributed by atoms with Gasteiger partial charge >= 0.3 is 11.7 Å². The second-order valence-electron chi connectivity index (χ2n) is 4.36. The molecule has 0 spiro atoms. The van der Waals surface area contributed by atoms with Crippen LogP contribution >= 0.6 is 0 Å². The number of carboxylic acid groups (broad SMARTS) is 1. The van der Waals surface area contributed by atoms with Gasteiger partial charge in [0.2, 0.25) is 0 Å². The summed E-state index contributed by atoms with van der Waals surface area (Å²) in [6.45, 7) is 2.73. The van der Waals surface area contributed by atoms with Crippen LogP contribution in [0.25, 0.3) is 11.0 Å². The summed E-state index contributed by atoms with van der Waals surface area (Å²) in [4.78, 5) is 23.0. The number of aryl methyl sites for hydroxylation is 2. The molecule has 0 amide bonds. The minimum absolute atomic E-state index is 0.0963. The molecule has 18 heavy (non-hydrogen) atoms. The van der Waals surface area contributed by atoms with Gasteiger partial charge in [-0.3, -0.25) is 9.13 Å². The molecule has 0 atom stereocenters. The van der Waals surface area contributed by atoms with Crippen LogP contribution in [0.5, 0.6) is 0 Å². The lowest BCUT2D eigenvalue weighted by Crippen LogP contribution is -2.22. The zero-order valence-electron chi connectivity index (χ0n) is 10.5. The molecule has 0 radical (unpaired) electrons. The molecule has 0 aliphatic heterocycles. The molecular formula is C13H16N2O3. The quantitative estimate of drug-likeness (QED) is 0.897. The van der Waals surface area contributed by atoms with E-state index in [-0.39, 0.29) is 11.3 Å². The molecule has 96 valence electrons. The van der Waals surface area contributed by atoms with Crippen LogP contribution in [0.4, 0.5) is 0 Å². The van der Waals surface area contributed by atoms with Gasteiger partial charge in [-0.1, -0.05) is 13.3 Å². The van der Waals surface area contributed by atoms with Crippen molar-refractivity contribution >= 4 is 17.0 Å². The molecule has 1 aromatic heterocycles. The van der Waals surface area contributed by atoms with E-state index in [1.165, 1.54) is 10.6 Å². The Kier molecular flexibility index (Phi) is 3.23. The Balaban J connectivity index is 2.64. The van der Waals surface area contributed by atoms with Crippen LogP contribution < -0.4 is 5.69 Å². The normalized spacial score (nSPS) is 11.0. The van der Waals surface area contributed by atoms with E-state index < -0.39 is 5.97 Å². The van der Waals surface area contributed by atoms with Crippen molar-refractivity contribution in [3.8, 4) is 0 Å². The SMILES string of the molecule is CCCCn1c(=O)n(C)c2cc(C(=O)O)ccc21. The molecule has 2 aromatic rings. The van der Waals surface area contributed by atoms with Gasteiger partial charge in [-0.2, -0.15) is 0 Å². The number of aromatic nitrogens is 2. The Hall–Kier alpha value is -2.04. The van der Waals surface area contributed by atoms with E-state index >= 15 is 0 Å². The molecule has 0 aliphatic carbocycles. The van der Waals surface area contributed by atoms with Gasteiger partial charge in [-0.25, -0.2) is 9.59 Å². The van der Waals surface area contributed by atoms with Crippen molar-refractivity contribution in [2.45, 2.75) is 26.3 Å². The van der Waals surface area contributed by atoms with E-state index in [0.29, 0.717) is 12.1 Å². The maximum atomic E-state index is 12.1. The topological polar surface area (TPSA) is 64.2 Å². The second kappa shape index (κ2) is 4.68. The Morgan fingerprint density at radius 3 is 2.67 bits per heavy atom. The average molecular weight is 248 g/mol. The van der Waals surface area contributed by atoms with Crippen LogP contribution in [0.3, 0.4) is 0 Å². The number of carbonyl (C=O) groups is 1. The van der Waals surface area contributed by atoms with Gasteiger partial charge in [0.15, 0.2) is 0 Å². The fourth-order valence-electron chi connectivity index (χ4n) is 2.07. The fraction of sp³-hybridized carbons (Fsp3) is 0.385. The van der Waals surface area contributed by atoms with Crippen molar-refractivity contribution < 1.29 is 9.90 Å². The third kappa shape index (κ3) is 1.92. The summed E-state index contributed by atoms with van der Waals surface area (Å²) in [7, 11) is 1.67. The molecule has 2 rings (SSSR count). The fourth-order valence-corrected chi connectivity index (χ4v) is 2.07. The number of hydrogen-bond donors (Lipinski definition) is 1. The summed E-state index contributed by atoms with van der Waals surface area (Å²) >= 11 is 0. The summed E-state index contributed by atoms with van der Waals surface area (Å²) in [6, 6.07) is 4.78. The van der Waals surface area contributed by atoms with Crippen LogP contribution in [0.15, 0.2) is 23.0 Å². The molecule has 0 saturated carbocycles. The van der Waals surface area contributed by atoms with Gasteiger partial charge < -0.3 is 5.11 Å². The highest BCUT2D eigenvalue weighted by molar-refractivity contribution is 5.92. The van der Waals surface area contributed by atoms with Crippen LogP contribution in [-0.2, 0) is 13.6 Å². The van der Waals surface area contributed by atoms with Crippen LogP contribution in [-0.4, -0.2) is 20.2 Å². The minimum atomic E-state index is -0.981. The summed E-state index contributed by atoms with van der Waals surface area (Å²) in [5.74, 6) is -0.981. The lowest BCUT2D eigenvalue weighted by molar-refractivity contribution is 0.0697.